The van der Waals surface area contributed by atoms with Gasteiger partial charge >= 0.3 is 5.97 Å². The number of rotatable bonds is 6. The summed E-state index contributed by atoms with van der Waals surface area (Å²) in [5.41, 5.74) is 2.03. The van der Waals surface area contributed by atoms with Gasteiger partial charge in [-0.15, -0.1) is 0 Å². The minimum atomic E-state index is -0.925. The number of hydrogen-bond donors (Lipinski definition) is 1. The molecule has 0 bridgehead atoms. The molecule has 1 heterocycles. The Kier molecular flexibility index (Phi) is 6.78. The lowest BCUT2D eigenvalue weighted by atomic mass is 9.93. The van der Waals surface area contributed by atoms with Gasteiger partial charge in [0, 0.05) is 18.2 Å². The van der Waals surface area contributed by atoms with E-state index in [4.69, 9.17) is 14.2 Å². The number of ether oxygens (including phenoxy) is 3. The van der Waals surface area contributed by atoms with Gasteiger partial charge in [0.15, 0.2) is 0 Å². The highest BCUT2D eigenvalue weighted by molar-refractivity contribution is 6.51. The molecule has 0 saturated carbocycles. The minimum absolute atomic E-state index is 0.0516. The van der Waals surface area contributed by atoms with Gasteiger partial charge in [-0.1, -0.05) is 12.1 Å². The van der Waals surface area contributed by atoms with Crippen LogP contribution in [0.3, 0.4) is 0 Å². The predicted molar refractivity (Wildman–Crippen MR) is 133 cm³/mol. The molecule has 36 heavy (non-hydrogen) atoms. The van der Waals surface area contributed by atoms with Crippen LogP contribution in [-0.2, 0) is 14.4 Å². The smallest absolute Gasteiger partial charge is 0.308 e. The lowest BCUT2D eigenvalue weighted by Crippen LogP contribution is -2.29. The molecule has 1 N–H and O–H groups in total. The number of amides is 1. The molecule has 184 valence electrons. The first-order chi connectivity index (χ1) is 17.2. The summed E-state index contributed by atoms with van der Waals surface area (Å²) in [7, 11) is 3.07. The van der Waals surface area contributed by atoms with E-state index in [2.05, 4.69) is 0 Å². The van der Waals surface area contributed by atoms with Crippen LogP contribution < -0.4 is 19.1 Å². The van der Waals surface area contributed by atoms with Crippen molar-refractivity contribution in [2.45, 2.75) is 19.9 Å². The summed E-state index contributed by atoms with van der Waals surface area (Å²) in [5, 5.41) is 11.4. The van der Waals surface area contributed by atoms with Crippen molar-refractivity contribution in [1.29, 1.82) is 0 Å². The zero-order valence-electron chi connectivity index (χ0n) is 20.3. The maximum absolute atomic E-state index is 13.3. The van der Waals surface area contributed by atoms with Crippen molar-refractivity contribution in [2.24, 2.45) is 0 Å². The Morgan fingerprint density at radius 1 is 0.861 bits per heavy atom. The van der Waals surface area contributed by atoms with E-state index in [1.807, 2.05) is 0 Å². The highest BCUT2D eigenvalue weighted by Gasteiger charge is 2.47. The molecule has 1 fully saturated rings. The fraction of sp³-hybridized carbons (Fsp3) is 0.179. The third-order valence-corrected chi connectivity index (χ3v) is 5.94. The number of aryl methyl sites for hydroxylation is 1. The van der Waals surface area contributed by atoms with Crippen LogP contribution in [0.2, 0.25) is 0 Å². The number of esters is 1. The molecule has 1 atom stereocenters. The Balaban J connectivity index is 1.90. The maximum Gasteiger partial charge on any atom is 0.308 e. The van der Waals surface area contributed by atoms with Gasteiger partial charge in [-0.3, -0.25) is 19.3 Å². The first-order valence-corrected chi connectivity index (χ1v) is 11.1. The lowest BCUT2D eigenvalue weighted by molar-refractivity contribution is -0.132. The van der Waals surface area contributed by atoms with Crippen molar-refractivity contribution in [2.75, 3.05) is 19.1 Å². The largest absolute Gasteiger partial charge is 0.507 e. The summed E-state index contributed by atoms with van der Waals surface area (Å²) >= 11 is 0. The zero-order valence-corrected chi connectivity index (χ0v) is 20.3. The van der Waals surface area contributed by atoms with Crippen LogP contribution in [0.1, 0.15) is 29.7 Å². The minimum Gasteiger partial charge on any atom is -0.507 e. The average Bonchev–Trinajstić information content (AvgIpc) is 3.14. The van der Waals surface area contributed by atoms with Gasteiger partial charge in [0.2, 0.25) is 0 Å². The quantitative estimate of drug-likeness (QED) is 0.179. The van der Waals surface area contributed by atoms with Crippen LogP contribution in [-0.4, -0.2) is 37.0 Å². The number of aliphatic hydroxyl groups excluding tert-OH is 1. The number of ketones is 1. The zero-order chi connectivity index (χ0) is 26.0. The third-order valence-electron chi connectivity index (χ3n) is 5.94. The van der Waals surface area contributed by atoms with Crippen molar-refractivity contribution >= 4 is 29.1 Å². The molecule has 0 aromatic heterocycles. The highest BCUT2D eigenvalue weighted by Crippen LogP contribution is 2.43. The van der Waals surface area contributed by atoms with Crippen molar-refractivity contribution in [1.82, 2.24) is 0 Å². The molecule has 1 unspecified atom stereocenters. The predicted octanol–water partition coefficient (Wildman–Crippen LogP) is 4.56. The van der Waals surface area contributed by atoms with Gasteiger partial charge in [0.25, 0.3) is 11.7 Å². The normalized spacial score (nSPS) is 16.7. The standard InChI is InChI=1S/C28H25NO7/c1-16-15-22(35-4)13-14-23(16)26(31)24-25(18-5-9-21(10-6-18)36-17(2)30)29(28(33)27(24)32)19-7-11-20(34-3)12-8-19/h5-15,25,31H,1-4H3/b26-24-. The molecule has 3 aromatic carbocycles. The van der Waals surface area contributed by atoms with Crippen LogP contribution in [0, 0.1) is 6.92 Å². The van der Waals surface area contributed by atoms with Crippen molar-refractivity contribution < 1.29 is 33.7 Å². The van der Waals surface area contributed by atoms with Gasteiger partial charge in [-0.2, -0.15) is 0 Å². The number of Topliss-reactive ketones (excluding diaryl/α,β-unsaturated/α-hetero) is 1. The second-order valence-electron chi connectivity index (χ2n) is 8.21. The molecular weight excluding hydrogens is 462 g/mol. The summed E-state index contributed by atoms with van der Waals surface area (Å²) in [6.07, 6.45) is 0. The van der Waals surface area contributed by atoms with E-state index in [1.165, 1.54) is 26.0 Å². The molecule has 4 rings (SSSR count). The lowest BCUT2D eigenvalue weighted by Gasteiger charge is -2.26. The highest BCUT2D eigenvalue weighted by atomic mass is 16.5. The summed E-state index contributed by atoms with van der Waals surface area (Å²) in [6, 6.07) is 17.3. The van der Waals surface area contributed by atoms with Gasteiger partial charge in [0.05, 0.1) is 25.8 Å². The Labute approximate surface area is 208 Å². The van der Waals surface area contributed by atoms with Crippen LogP contribution in [0.4, 0.5) is 5.69 Å². The van der Waals surface area contributed by atoms with Gasteiger partial charge in [0.1, 0.15) is 23.0 Å². The van der Waals surface area contributed by atoms with E-state index >= 15 is 0 Å². The van der Waals surface area contributed by atoms with Gasteiger partial charge in [-0.05, 0) is 72.6 Å². The molecule has 0 spiro atoms. The second-order valence-corrected chi connectivity index (χ2v) is 8.21. The SMILES string of the molecule is COc1ccc(N2C(=O)C(=O)/C(=C(\O)c3ccc(OC)cc3C)C2c2ccc(OC(C)=O)cc2)cc1. The van der Waals surface area contributed by atoms with E-state index in [-0.39, 0.29) is 11.3 Å². The second kappa shape index (κ2) is 9.95. The maximum atomic E-state index is 13.3. The molecule has 8 nitrogen and oxygen atoms in total. The molecule has 1 saturated heterocycles. The van der Waals surface area contributed by atoms with Crippen LogP contribution >= 0.6 is 0 Å². The van der Waals surface area contributed by atoms with E-state index in [0.29, 0.717) is 39.6 Å². The number of methoxy groups -OCH3 is 2. The topological polar surface area (TPSA) is 102 Å². The molecule has 0 aliphatic carbocycles. The fourth-order valence-corrected chi connectivity index (χ4v) is 4.22. The number of benzene rings is 3. The Morgan fingerprint density at radius 2 is 1.44 bits per heavy atom. The third kappa shape index (κ3) is 4.53. The average molecular weight is 488 g/mol. The summed E-state index contributed by atoms with van der Waals surface area (Å²) in [4.78, 5) is 39.3. The van der Waals surface area contributed by atoms with Crippen LogP contribution in [0.25, 0.3) is 5.76 Å². The Morgan fingerprint density at radius 3 is 2.00 bits per heavy atom. The van der Waals surface area contributed by atoms with Crippen molar-refractivity contribution in [3.05, 3.63) is 89.0 Å². The first-order valence-electron chi connectivity index (χ1n) is 11.1. The van der Waals surface area contributed by atoms with E-state index in [0.717, 1.165) is 0 Å². The molecule has 1 aliphatic rings. The fourth-order valence-electron chi connectivity index (χ4n) is 4.22. The number of anilines is 1. The monoisotopic (exact) mass is 487 g/mol. The summed E-state index contributed by atoms with van der Waals surface area (Å²) in [6.45, 7) is 3.07. The Hall–Kier alpha value is -4.59. The van der Waals surface area contributed by atoms with E-state index < -0.39 is 23.7 Å². The number of aliphatic hydroxyl groups is 1. The number of nitrogens with zero attached hydrogens (tertiary/aromatic N) is 1. The van der Waals surface area contributed by atoms with E-state index in [9.17, 15) is 19.5 Å². The summed E-state index contributed by atoms with van der Waals surface area (Å²) in [5.74, 6) is -0.847. The summed E-state index contributed by atoms with van der Waals surface area (Å²) < 4.78 is 15.6. The van der Waals surface area contributed by atoms with Crippen LogP contribution in [0.5, 0.6) is 17.2 Å². The first kappa shape index (κ1) is 24.5. The molecule has 0 radical (unpaired) electrons. The van der Waals surface area contributed by atoms with Crippen molar-refractivity contribution in [3.8, 4) is 17.2 Å². The molecule has 8 heteroatoms. The number of carbonyl (C=O) groups excluding carboxylic acids is 3. The molecule has 1 amide bonds. The van der Waals surface area contributed by atoms with Crippen LogP contribution in [0.15, 0.2) is 72.3 Å². The van der Waals surface area contributed by atoms with Gasteiger partial charge < -0.3 is 19.3 Å². The molecule has 3 aromatic rings. The number of carbonyl (C=O) groups is 3. The molecule has 1 aliphatic heterocycles. The van der Waals surface area contributed by atoms with Crippen molar-refractivity contribution in [3.63, 3.8) is 0 Å². The molecular formula is C28H25NO7. The number of hydrogen-bond acceptors (Lipinski definition) is 7. The van der Waals surface area contributed by atoms with Gasteiger partial charge in [-0.25, -0.2) is 0 Å². The Bertz CT molecular complexity index is 1360. The van der Waals surface area contributed by atoms with E-state index in [1.54, 1.807) is 73.7 Å².